The third-order valence-corrected chi connectivity index (χ3v) is 3.30. The van der Waals surface area contributed by atoms with Crippen LogP contribution in [0.1, 0.15) is 6.42 Å². The molecule has 4 N–H and O–H groups in total. The Kier molecular flexibility index (Phi) is 4.57. The summed E-state index contributed by atoms with van der Waals surface area (Å²) >= 11 is 0. The monoisotopic (exact) mass is 277 g/mol. The van der Waals surface area contributed by atoms with Crippen molar-refractivity contribution < 1.29 is 14.9 Å². The summed E-state index contributed by atoms with van der Waals surface area (Å²) in [7, 11) is 3.93. The highest BCUT2D eigenvalue weighted by Gasteiger charge is 2.27. The molecule has 0 spiro atoms. The van der Waals surface area contributed by atoms with E-state index in [2.05, 4.69) is 10.6 Å². The molecule has 1 saturated heterocycles. The van der Waals surface area contributed by atoms with Crippen molar-refractivity contribution in [3.05, 3.63) is 24.3 Å². The summed E-state index contributed by atoms with van der Waals surface area (Å²) in [6.45, 7) is 1.49. The molecule has 0 unspecified atom stereocenters. The van der Waals surface area contributed by atoms with Gasteiger partial charge in [0.2, 0.25) is 5.91 Å². The molecule has 1 fully saturated rings. The van der Waals surface area contributed by atoms with Crippen molar-refractivity contribution in [2.24, 2.45) is 0 Å². The van der Waals surface area contributed by atoms with Crippen LogP contribution in [0.25, 0.3) is 0 Å². The van der Waals surface area contributed by atoms with E-state index in [4.69, 9.17) is 0 Å². The van der Waals surface area contributed by atoms with E-state index in [1.807, 2.05) is 48.6 Å². The highest BCUT2D eigenvalue weighted by molar-refractivity contribution is 5.95. The van der Waals surface area contributed by atoms with Crippen molar-refractivity contribution in [3.63, 3.8) is 0 Å². The van der Waals surface area contributed by atoms with Crippen LogP contribution in [0.5, 0.6) is 0 Å². The number of carbonyl (C=O) groups is 2. The van der Waals surface area contributed by atoms with Crippen LogP contribution in [-0.2, 0) is 9.59 Å². The fraction of sp³-hybridized carbons (Fsp3) is 0.429. The van der Waals surface area contributed by atoms with Gasteiger partial charge in [0.15, 0.2) is 6.04 Å². The first-order valence-corrected chi connectivity index (χ1v) is 6.74. The molecule has 1 aliphatic heterocycles. The zero-order valence-corrected chi connectivity index (χ0v) is 11.8. The fourth-order valence-corrected chi connectivity index (χ4v) is 2.15. The third-order valence-electron chi connectivity index (χ3n) is 3.30. The summed E-state index contributed by atoms with van der Waals surface area (Å²) in [5.74, 6) is -0.199. The van der Waals surface area contributed by atoms with E-state index in [1.165, 1.54) is 0 Å². The molecule has 0 radical (unpaired) electrons. The molecule has 1 heterocycles. The van der Waals surface area contributed by atoms with Crippen molar-refractivity contribution >= 4 is 23.2 Å². The second-order valence-corrected chi connectivity index (χ2v) is 5.12. The predicted octanol–water partition coefficient (Wildman–Crippen LogP) is -0.857. The average molecular weight is 277 g/mol. The number of rotatable bonds is 4. The average Bonchev–Trinajstić information content (AvgIpc) is 2.42. The van der Waals surface area contributed by atoms with Gasteiger partial charge in [-0.1, -0.05) is 0 Å². The topological polar surface area (TPSA) is 78.1 Å². The lowest BCUT2D eigenvalue weighted by molar-refractivity contribution is -0.678. The van der Waals surface area contributed by atoms with Gasteiger partial charge in [0.05, 0.1) is 19.5 Å². The molecule has 108 valence electrons. The molecule has 6 heteroatoms. The van der Waals surface area contributed by atoms with Gasteiger partial charge in [0.1, 0.15) is 0 Å². The van der Waals surface area contributed by atoms with Gasteiger partial charge in [0.25, 0.3) is 5.91 Å². The van der Waals surface area contributed by atoms with Gasteiger partial charge in [-0.2, -0.15) is 0 Å². The van der Waals surface area contributed by atoms with E-state index >= 15 is 0 Å². The van der Waals surface area contributed by atoms with Crippen molar-refractivity contribution in [1.29, 1.82) is 0 Å². The largest absolute Gasteiger partial charge is 0.378 e. The Morgan fingerprint density at radius 2 is 2.10 bits per heavy atom. The van der Waals surface area contributed by atoms with E-state index in [1.54, 1.807) is 0 Å². The van der Waals surface area contributed by atoms with Gasteiger partial charge >= 0.3 is 0 Å². The van der Waals surface area contributed by atoms with Crippen LogP contribution in [0.4, 0.5) is 11.4 Å². The Bertz CT molecular complexity index is 484. The highest BCUT2D eigenvalue weighted by Crippen LogP contribution is 2.15. The highest BCUT2D eigenvalue weighted by atomic mass is 16.2. The number of hydrogen-bond donors (Lipinski definition) is 3. The van der Waals surface area contributed by atoms with Gasteiger partial charge < -0.3 is 20.9 Å². The van der Waals surface area contributed by atoms with Crippen LogP contribution >= 0.6 is 0 Å². The summed E-state index contributed by atoms with van der Waals surface area (Å²) in [4.78, 5) is 25.5. The van der Waals surface area contributed by atoms with Gasteiger partial charge in [-0.05, 0) is 24.3 Å². The number of piperazine rings is 1. The second kappa shape index (κ2) is 6.38. The zero-order chi connectivity index (χ0) is 14.5. The molecule has 1 aliphatic rings. The van der Waals surface area contributed by atoms with Gasteiger partial charge in [-0.3, -0.25) is 9.59 Å². The molecule has 1 aromatic rings. The van der Waals surface area contributed by atoms with Crippen molar-refractivity contribution in [1.82, 2.24) is 5.32 Å². The van der Waals surface area contributed by atoms with Crippen LogP contribution in [0.15, 0.2) is 24.3 Å². The summed E-state index contributed by atoms with van der Waals surface area (Å²) in [5.41, 5.74) is 1.82. The molecule has 1 aromatic carbocycles. The van der Waals surface area contributed by atoms with Crippen LogP contribution in [0, 0.1) is 0 Å². The number of quaternary nitrogens is 1. The minimum atomic E-state index is -0.315. The molecule has 0 bridgehead atoms. The molecule has 20 heavy (non-hydrogen) atoms. The van der Waals surface area contributed by atoms with Crippen molar-refractivity contribution in [2.45, 2.75) is 12.5 Å². The second-order valence-electron chi connectivity index (χ2n) is 5.12. The first-order valence-electron chi connectivity index (χ1n) is 6.74. The molecular formula is C14H21N4O2+. The first-order chi connectivity index (χ1) is 9.56. The number of hydrogen-bond acceptors (Lipinski definition) is 3. The third kappa shape index (κ3) is 3.71. The number of nitrogens with two attached hydrogens (primary N) is 1. The van der Waals surface area contributed by atoms with E-state index in [0.29, 0.717) is 6.54 Å². The minimum absolute atomic E-state index is 0.0608. The Morgan fingerprint density at radius 3 is 2.70 bits per heavy atom. The lowest BCUT2D eigenvalue weighted by atomic mass is 10.1. The van der Waals surface area contributed by atoms with Crippen molar-refractivity contribution in [3.8, 4) is 0 Å². The molecule has 0 saturated carbocycles. The van der Waals surface area contributed by atoms with Crippen molar-refractivity contribution in [2.75, 3.05) is 37.4 Å². The Labute approximate surface area is 118 Å². The van der Waals surface area contributed by atoms with E-state index < -0.39 is 0 Å². The summed E-state index contributed by atoms with van der Waals surface area (Å²) in [6.07, 6.45) is 0.196. The summed E-state index contributed by atoms with van der Waals surface area (Å²) in [6, 6.07) is 7.28. The maximum absolute atomic E-state index is 11.9. The first kappa shape index (κ1) is 14.3. The Balaban J connectivity index is 1.89. The van der Waals surface area contributed by atoms with Gasteiger partial charge in [0, 0.05) is 25.5 Å². The SMILES string of the molecule is CN(C)c1ccc(NC(=O)C[C@H]2[NH2+]CCNC2=O)cc1. The zero-order valence-electron chi connectivity index (χ0n) is 11.8. The number of anilines is 2. The smallest absolute Gasteiger partial charge is 0.278 e. The standard InChI is InChI=1S/C14H20N4O2/c1-18(2)11-5-3-10(4-6-11)17-13(19)9-12-14(20)16-8-7-15-12/h3-6,12,15H,7-9H2,1-2H3,(H,16,20)(H,17,19)/p+1/t12-/m1/s1. The maximum Gasteiger partial charge on any atom is 0.278 e. The lowest BCUT2D eigenvalue weighted by Gasteiger charge is -2.19. The van der Waals surface area contributed by atoms with Crippen LogP contribution in [0.3, 0.4) is 0 Å². The molecule has 1 atom stereocenters. The molecular weight excluding hydrogens is 256 g/mol. The van der Waals surface area contributed by atoms with Gasteiger partial charge in [-0.25, -0.2) is 0 Å². The summed E-state index contributed by atoms with van der Waals surface area (Å²) < 4.78 is 0. The Hall–Kier alpha value is -2.08. The minimum Gasteiger partial charge on any atom is -0.378 e. The number of benzene rings is 1. The number of amides is 2. The number of carbonyl (C=O) groups excluding carboxylic acids is 2. The van der Waals surface area contributed by atoms with Crippen LogP contribution in [0.2, 0.25) is 0 Å². The molecule has 0 aromatic heterocycles. The van der Waals surface area contributed by atoms with Crippen LogP contribution in [-0.4, -0.2) is 45.0 Å². The molecule has 6 nitrogen and oxygen atoms in total. The van der Waals surface area contributed by atoms with Gasteiger partial charge in [-0.15, -0.1) is 0 Å². The predicted molar refractivity (Wildman–Crippen MR) is 77.6 cm³/mol. The molecule has 0 aliphatic carbocycles. The number of nitrogens with one attached hydrogen (secondary N) is 2. The summed E-state index contributed by atoms with van der Waals surface area (Å²) in [5, 5.41) is 7.49. The molecule has 2 amide bonds. The van der Waals surface area contributed by atoms with E-state index in [-0.39, 0.29) is 24.3 Å². The fourth-order valence-electron chi connectivity index (χ4n) is 2.15. The molecule has 2 rings (SSSR count). The van der Waals surface area contributed by atoms with Crippen LogP contribution < -0.4 is 20.9 Å². The normalized spacial score (nSPS) is 18.3. The Morgan fingerprint density at radius 1 is 1.40 bits per heavy atom. The van der Waals surface area contributed by atoms with E-state index in [9.17, 15) is 9.59 Å². The lowest BCUT2D eigenvalue weighted by Crippen LogP contribution is -2.96. The maximum atomic E-state index is 11.9. The van der Waals surface area contributed by atoms with E-state index in [0.717, 1.165) is 17.9 Å². The quantitative estimate of drug-likeness (QED) is 0.670. The number of nitrogens with zero attached hydrogens (tertiary/aromatic N) is 1.